The first-order chi connectivity index (χ1) is 11.3. The molecule has 4 nitrogen and oxygen atoms in total. The number of ketones is 1. The summed E-state index contributed by atoms with van der Waals surface area (Å²) in [4.78, 5) is 10.7. The van der Waals surface area contributed by atoms with Gasteiger partial charge >= 0.3 is 0 Å². The molecule has 0 heterocycles. The quantitative estimate of drug-likeness (QED) is 0.630. The van der Waals surface area contributed by atoms with E-state index in [9.17, 15) is 26.4 Å². The minimum atomic E-state index is -4.44. The summed E-state index contributed by atoms with van der Waals surface area (Å²) in [5, 5.41) is 0. The average molecular weight is 357 g/mol. The van der Waals surface area contributed by atoms with Crippen LogP contribution in [0.1, 0.15) is 30.1 Å². The first kappa shape index (κ1) is 18.0. The van der Waals surface area contributed by atoms with Crippen LogP contribution >= 0.6 is 0 Å². The Hall–Kier alpha value is -2.35. The molecule has 0 saturated carbocycles. The van der Waals surface area contributed by atoms with Crippen molar-refractivity contribution in [2.45, 2.75) is 24.7 Å². The Morgan fingerprint density at radius 1 is 1.00 bits per heavy atom. The lowest BCUT2D eigenvalue weighted by Gasteiger charge is -2.10. The molecular formula is C16H14F3NO3S. The van der Waals surface area contributed by atoms with Gasteiger partial charge in [0.2, 0.25) is 0 Å². The third-order valence-electron chi connectivity index (χ3n) is 3.23. The van der Waals surface area contributed by atoms with E-state index in [-0.39, 0.29) is 11.5 Å². The number of hydrogen-bond donors (Lipinski definition) is 1. The molecule has 24 heavy (non-hydrogen) atoms. The van der Waals surface area contributed by atoms with Gasteiger partial charge in [0.05, 0.1) is 0 Å². The zero-order valence-electron chi connectivity index (χ0n) is 12.6. The maximum Gasteiger partial charge on any atom is 0.264 e. The number of hydrogen-bond acceptors (Lipinski definition) is 3. The number of sulfonamides is 1. The lowest BCUT2D eigenvalue weighted by molar-refractivity contribution is 0.0982. The van der Waals surface area contributed by atoms with Gasteiger partial charge in [-0.05, 0) is 42.8 Å². The van der Waals surface area contributed by atoms with Crippen LogP contribution in [0.25, 0.3) is 0 Å². The van der Waals surface area contributed by atoms with Gasteiger partial charge in [-0.2, -0.15) is 0 Å². The van der Waals surface area contributed by atoms with Crippen molar-refractivity contribution in [2.24, 2.45) is 0 Å². The van der Waals surface area contributed by atoms with Crippen LogP contribution in [0.15, 0.2) is 41.3 Å². The Morgan fingerprint density at radius 3 is 2.21 bits per heavy atom. The van der Waals surface area contributed by atoms with Crippen LogP contribution in [0, 0.1) is 17.5 Å². The van der Waals surface area contributed by atoms with Gasteiger partial charge in [0.25, 0.3) is 10.0 Å². The van der Waals surface area contributed by atoms with E-state index in [2.05, 4.69) is 4.72 Å². The van der Waals surface area contributed by atoms with E-state index in [1.807, 2.05) is 6.92 Å². The van der Waals surface area contributed by atoms with Gasteiger partial charge < -0.3 is 0 Å². The zero-order valence-corrected chi connectivity index (χ0v) is 13.5. The molecule has 0 aliphatic heterocycles. The number of halogens is 3. The highest BCUT2D eigenvalue weighted by atomic mass is 32.2. The summed E-state index contributed by atoms with van der Waals surface area (Å²) in [6.07, 6.45) is 1.05. The maximum atomic E-state index is 13.6. The molecule has 2 aromatic rings. The van der Waals surface area contributed by atoms with Crippen molar-refractivity contribution >= 4 is 21.5 Å². The first-order valence-electron chi connectivity index (χ1n) is 7.06. The number of anilines is 1. The molecule has 2 rings (SSSR count). The summed E-state index contributed by atoms with van der Waals surface area (Å²) in [5.74, 6) is -5.22. The minimum absolute atomic E-state index is 0.0622. The molecule has 0 aliphatic carbocycles. The van der Waals surface area contributed by atoms with E-state index in [0.717, 1.165) is 0 Å². The molecule has 2 aromatic carbocycles. The second kappa shape index (κ2) is 7.04. The third-order valence-corrected chi connectivity index (χ3v) is 4.62. The van der Waals surface area contributed by atoms with Gasteiger partial charge in [0, 0.05) is 17.7 Å². The van der Waals surface area contributed by atoms with E-state index in [4.69, 9.17) is 0 Å². The highest BCUT2D eigenvalue weighted by molar-refractivity contribution is 7.92. The molecule has 0 amide bonds. The fourth-order valence-corrected chi connectivity index (χ4v) is 3.15. The van der Waals surface area contributed by atoms with E-state index < -0.39 is 32.4 Å². The molecule has 0 fully saturated rings. The predicted molar refractivity (Wildman–Crippen MR) is 82.8 cm³/mol. The van der Waals surface area contributed by atoms with Crippen molar-refractivity contribution in [1.29, 1.82) is 0 Å². The molecule has 0 bridgehead atoms. The molecule has 0 radical (unpaired) electrons. The standard InChI is InChI=1S/C16H14F3NO3S/c1-2-3-13(21)10-4-6-11(7-5-10)20-24(22,23)14-9-8-12(17)15(18)16(14)19/h4-9,20H,2-3H2,1H3. The summed E-state index contributed by atoms with van der Waals surface area (Å²) in [5.41, 5.74) is 0.478. The molecular weight excluding hydrogens is 343 g/mol. The van der Waals surface area contributed by atoms with E-state index >= 15 is 0 Å². The highest BCUT2D eigenvalue weighted by Gasteiger charge is 2.24. The van der Waals surface area contributed by atoms with Crippen molar-refractivity contribution < 1.29 is 26.4 Å². The van der Waals surface area contributed by atoms with Crippen LogP contribution in [0.5, 0.6) is 0 Å². The molecule has 0 aromatic heterocycles. The number of rotatable bonds is 6. The Balaban J connectivity index is 2.27. The average Bonchev–Trinajstić information content (AvgIpc) is 2.53. The van der Waals surface area contributed by atoms with Crippen molar-refractivity contribution in [3.05, 3.63) is 59.4 Å². The number of benzene rings is 2. The van der Waals surface area contributed by atoms with Crippen LogP contribution in [-0.2, 0) is 10.0 Å². The van der Waals surface area contributed by atoms with Crippen molar-refractivity contribution in [3.8, 4) is 0 Å². The Morgan fingerprint density at radius 2 is 1.62 bits per heavy atom. The van der Waals surface area contributed by atoms with Gasteiger partial charge in [-0.1, -0.05) is 6.92 Å². The molecule has 128 valence electrons. The van der Waals surface area contributed by atoms with Crippen LogP contribution < -0.4 is 4.72 Å². The molecule has 0 saturated heterocycles. The van der Waals surface area contributed by atoms with Gasteiger partial charge in [-0.15, -0.1) is 0 Å². The maximum absolute atomic E-state index is 13.6. The smallest absolute Gasteiger partial charge is 0.264 e. The van der Waals surface area contributed by atoms with Crippen LogP contribution in [0.4, 0.5) is 18.9 Å². The fraction of sp³-hybridized carbons (Fsp3) is 0.188. The third kappa shape index (κ3) is 3.76. The molecule has 0 unspecified atom stereocenters. The fourth-order valence-electron chi connectivity index (χ4n) is 2.02. The normalized spacial score (nSPS) is 11.3. The summed E-state index contributed by atoms with van der Waals surface area (Å²) in [6.45, 7) is 1.86. The Labute approximate surface area is 137 Å². The summed E-state index contributed by atoms with van der Waals surface area (Å²) in [6, 6.07) is 6.68. The number of nitrogens with one attached hydrogen (secondary N) is 1. The predicted octanol–water partition coefficient (Wildman–Crippen LogP) is 3.89. The largest absolute Gasteiger partial charge is 0.294 e. The molecule has 8 heteroatoms. The Bertz CT molecular complexity index is 865. The van der Waals surface area contributed by atoms with Crippen molar-refractivity contribution in [3.63, 3.8) is 0 Å². The second-order valence-corrected chi connectivity index (χ2v) is 6.68. The van der Waals surface area contributed by atoms with Crippen molar-refractivity contribution in [1.82, 2.24) is 0 Å². The molecule has 0 spiro atoms. The molecule has 0 aliphatic rings. The molecule has 0 atom stereocenters. The Kier molecular flexibility index (Phi) is 5.28. The van der Waals surface area contributed by atoms with Gasteiger partial charge in [-0.25, -0.2) is 21.6 Å². The van der Waals surface area contributed by atoms with Crippen molar-refractivity contribution in [2.75, 3.05) is 4.72 Å². The second-order valence-electron chi connectivity index (χ2n) is 5.03. The van der Waals surface area contributed by atoms with Gasteiger partial charge in [0.15, 0.2) is 23.2 Å². The van der Waals surface area contributed by atoms with Gasteiger partial charge in [0.1, 0.15) is 4.90 Å². The van der Waals surface area contributed by atoms with Crippen LogP contribution in [0.2, 0.25) is 0 Å². The number of carbonyl (C=O) groups excluding carboxylic acids is 1. The highest BCUT2D eigenvalue weighted by Crippen LogP contribution is 2.22. The van der Waals surface area contributed by atoms with Gasteiger partial charge in [-0.3, -0.25) is 9.52 Å². The zero-order chi connectivity index (χ0) is 17.9. The summed E-state index contributed by atoms with van der Waals surface area (Å²) < 4.78 is 66.0. The van der Waals surface area contributed by atoms with E-state index in [1.165, 1.54) is 24.3 Å². The lowest BCUT2D eigenvalue weighted by Crippen LogP contribution is -2.16. The lowest BCUT2D eigenvalue weighted by atomic mass is 10.1. The SMILES string of the molecule is CCCC(=O)c1ccc(NS(=O)(=O)c2ccc(F)c(F)c2F)cc1. The number of Topliss-reactive ketones (excluding diaryl/α,β-unsaturated/α-hetero) is 1. The van der Waals surface area contributed by atoms with E-state index in [1.54, 1.807) is 0 Å². The van der Waals surface area contributed by atoms with Crippen LogP contribution in [-0.4, -0.2) is 14.2 Å². The number of carbonyl (C=O) groups is 1. The monoisotopic (exact) mass is 357 g/mol. The molecule has 1 N–H and O–H groups in total. The van der Waals surface area contributed by atoms with E-state index in [0.29, 0.717) is 30.5 Å². The topological polar surface area (TPSA) is 63.2 Å². The summed E-state index contributed by atoms with van der Waals surface area (Å²) in [7, 11) is -4.44. The van der Waals surface area contributed by atoms with Crippen LogP contribution in [0.3, 0.4) is 0 Å². The first-order valence-corrected chi connectivity index (χ1v) is 8.54. The minimum Gasteiger partial charge on any atom is -0.294 e. The summed E-state index contributed by atoms with van der Waals surface area (Å²) >= 11 is 0.